The van der Waals surface area contributed by atoms with E-state index in [0.717, 1.165) is 30.2 Å². The quantitative estimate of drug-likeness (QED) is 0.850. The van der Waals surface area contributed by atoms with Crippen molar-refractivity contribution in [2.24, 2.45) is 0 Å². The monoisotopic (exact) mass is 365 g/mol. The van der Waals surface area contributed by atoms with Crippen molar-refractivity contribution in [3.05, 3.63) is 52.8 Å². The summed E-state index contributed by atoms with van der Waals surface area (Å²) in [7, 11) is -2.75. The first kappa shape index (κ1) is 17.2. The molecule has 8 heteroatoms. The number of benzene rings is 2. The molecule has 3 rings (SSSR count). The Morgan fingerprint density at radius 2 is 2.00 bits per heavy atom. The Morgan fingerprint density at radius 1 is 1.24 bits per heavy atom. The maximum Gasteiger partial charge on any atom is 0.335 e. The van der Waals surface area contributed by atoms with E-state index in [9.17, 15) is 22.7 Å². The van der Waals surface area contributed by atoms with E-state index >= 15 is 0 Å². The summed E-state index contributed by atoms with van der Waals surface area (Å²) in [6.07, 6.45) is 1.96. The maximum absolute atomic E-state index is 13.3. The van der Waals surface area contributed by atoms with Gasteiger partial charge in [0.15, 0.2) is 0 Å². The Bertz CT molecular complexity index is 956. The number of carboxylic acids is 1. The standard InChI is InChI=1S/C17H16FNO5S/c1-24-15-9-12(18)5-6-14(15)19-25(22,23)16-8-11(17(20)21)7-10-3-2-4-13(10)16/h5-9,19H,2-4H2,1H3,(H,20,21). The van der Waals surface area contributed by atoms with Gasteiger partial charge in [0, 0.05) is 6.07 Å². The summed E-state index contributed by atoms with van der Waals surface area (Å²) >= 11 is 0. The van der Waals surface area contributed by atoms with Gasteiger partial charge in [-0.3, -0.25) is 4.72 Å². The number of aryl methyl sites for hydroxylation is 1. The molecule has 25 heavy (non-hydrogen) atoms. The first-order valence-electron chi connectivity index (χ1n) is 7.57. The summed E-state index contributed by atoms with van der Waals surface area (Å²) in [5.74, 6) is -1.71. The van der Waals surface area contributed by atoms with Crippen LogP contribution in [0.4, 0.5) is 10.1 Å². The minimum atomic E-state index is -4.06. The van der Waals surface area contributed by atoms with Crippen LogP contribution >= 0.6 is 0 Å². The number of carbonyl (C=O) groups is 1. The third kappa shape index (κ3) is 3.30. The molecule has 0 saturated carbocycles. The lowest BCUT2D eigenvalue weighted by Gasteiger charge is -2.15. The van der Waals surface area contributed by atoms with Gasteiger partial charge >= 0.3 is 5.97 Å². The molecule has 0 atom stereocenters. The van der Waals surface area contributed by atoms with Gasteiger partial charge in [-0.25, -0.2) is 17.6 Å². The van der Waals surface area contributed by atoms with E-state index in [2.05, 4.69) is 4.72 Å². The number of nitrogens with one attached hydrogen (secondary N) is 1. The number of halogens is 1. The highest BCUT2D eigenvalue weighted by molar-refractivity contribution is 7.92. The van der Waals surface area contributed by atoms with E-state index in [1.54, 1.807) is 0 Å². The molecule has 0 fully saturated rings. The number of sulfonamides is 1. The molecule has 0 aromatic heterocycles. The number of hydrogen-bond acceptors (Lipinski definition) is 4. The third-order valence-electron chi connectivity index (χ3n) is 4.12. The number of carboxylic acid groups (broad SMARTS) is 1. The van der Waals surface area contributed by atoms with Crippen LogP contribution in [0.3, 0.4) is 0 Å². The molecule has 0 heterocycles. The van der Waals surface area contributed by atoms with Gasteiger partial charge in [0.25, 0.3) is 10.0 Å². The minimum Gasteiger partial charge on any atom is -0.494 e. The van der Waals surface area contributed by atoms with Crippen LogP contribution in [0.5, 0.6) is 5.75 Å². The molecular formula is C17H16FNO5S. The van der Waals surface area contributed by atoms with Gasteiger partial charge in [-0.2, -0.15) is 0 Å². The molecule has 0 aliphatic heterocycles. The van der Waals surface area contributed by atoms with Gasteiger partial charge in [0.1, 0.15) is 11.6 Å². The Balaban J connectivity index is 2.08. The first-order valence-corrected chi connectivity index (χ1v) is 9.05. The van der Waals surface area contributed by atoms with Crippen LogP contribution in [0.15, 0.2) is 35.2 Å². The van der Waals surface area contributed by atoms with E-state index in [1.807, 2.05) is 0 Å². The fraction of sp³-hybridized carbons (Fsp3) is 0.235. The number of hydrogen-bond donors (Lipinski definition) is 2. The summed E-state index contributed by atoms with van der Waals surface area (Å²) in [5, 5.41) is 9.23. The largest absolute Gasteiger partial charge is 0.494 e. The van der Waals surface area contributed by atoms with Crippen LogP contribution in [0.25, 0.3) is 0 Å². The van der Waals surface area contributed by atoms with Crippen molar-refractivity contribution in [3.8, 4) is 5.75 Å². The first-order chi connectivity index (χ1) is 11.8. The van der Waals surface area contributed by atoms with Crippen LogP contribution in [-0.2, 0) is 22.9 Å². The minimum absolute atomic E-state index is 0.0367. The molecular weight excluding hydrogens is 349 g/mol. The molecule has 132 valence electrons. The van der Waals surface area contributed by atoms with Crippen molar-refractivity contribution < 1.29 is 27.4 Å². The van der Waals surface area contributed by atoms with E-state index in [-0.39, 0.29) is 21.9 Å². The van der Waals surface area contributed by atoms with E-state index in [1.165, 1.54) is 19.2 Å². The average molecular weight is 365 g/mol. The summed E-state index contributed by atoms with van der Waals surface area (Å²) in [6, 6.07) is 6.11. The van der Waals surface area contributed by atoms with Crippen molar-refractivity contribution in [1.29, 1.82) is 0 Å². The average Bonchev–Trinajstić information content (AvgIpc) is 3.03. The highest BCUT2D eigenvalue weighted by atomic mass is 32.2. The predicted octanol–water partition coefficient (Wildman–Crippen LogP) is 2.82. The van der Waals surface area contributed by atoms with E-state index in [0.29, 0.717) is 18.4 Å². The van der Waals surface area contributed by atoms with Gasteiger partial charge in [-0.15, -0.1) is 0 Å². The number of methoxy groups -OCH3 is 1. The summed E-state index contributed by atoms with van der Waals surface area (Å²) < 4.78 is 46.3. The second-order valence-electron chi connectivity index (χ2n) is 5.72. The highest BCUT2D eigenvalue weighted by Crippen LogP contribution is 2.33. The Morgan fingerprint density at radius 3 is 2.68 bits per heavy atom. The topological polar surface area (TPSA) is 92.7 Å². The number of fused-ring (bicyclic) bond motifs is 1. The van der Waals surface area contributed by atoms with Crippen LogP contribution in [-0.4, -0.2) is 26.6 Å². The van der Waals surface area contributed by atoms with Crippen molar-refractivity contribution in [3.63, 3.8) is 0 Å². The lowest BCUT2D eigenvalue weighted by atomic mass is 10.1. The van der Waals surface area contributed by atoms with Crippen LogP contribution in [0.1, 0.15) is 27.9 Å². The van der Waals surface area contributed by atoms with E-state index in [4.69, 9.17) is 4.74 Å². The van der Waals surface area contributed by atoms with Gasteiger partial charge in [0.2, 0.25) is 0 Å². The second-order valence-corrected chi connectivity index (χ2v) is 7.37. The van der Waals surface area contributed by atoms with Gasteiger partial charge in [-0.05, 0) is 54.7 Å². The van der Waals surface area contributed by atoms with Crippen LogP contribution in [0.2, 0.25) is 0 Å². The van der Waals surface area contributed by atoms with Crippen LogP contribution in [0, 0.1) is 5.82 Å². The lowest BCUT2D eigenvalue weighted by Crippen LogP contribution is -2.17. The number of aromatic carboxylic acids is 1. The van der Waals surface area contributed by atoms with Gasteiger partial charge in [0.05, 0.1) is 23.3 Å². The summed E-state index contributed by atoms with van der Waals surface area (Å²) in [4.78, 5) is 11.2. The normalized spacial score (nSPS) is 13.4. The zero-order valence-electron chi connectivity index (χ0n) is 13.4. The zero-order chi connectivity index (χ0) is 18.2. The molecule has 0 unspecified atom stereocenters. The Hall–Kier alpha value is -2.61. The third-order valence-corrected chi connectivity index (χ3v) is 5.55. The Kier molecular flexibility index (Phi) is 4.38. The molecule has 2 N–H and O–H groups in total. The molecule has 1 aliphatic rings. The number of rotatable bonds is 5. The smallest absolute Gasteiger partial charge is 0.335 e. The molecule has 2 aromatic rings. The predicted molar refractivity (Wildman–Crippen MR) is 89.2 cm³/mol. The molecule has 2 aromatic carbocycles. The number of ether oxygens (including phenoxy) is 1. The molecule has 0 spiro atoms. The van der Waals surface area contributed by atoms with Crippen molar-refractivity contribution in [2.75, 3.05) is 11.8 Å². The molecule has 1 aliphatic carbocycles. The van der Waals surface area contributed by atoms with Gasteiger partial charge < -0.3 is 9.84 Å². The zero-order valence-corrected chi connectivity index (χ0v) is 14.2. The maximum atomic E-state index is 13.3. The number of anilines is 1. The molecule has 0 amide bonds. The SMILES string of the molecule is COc1cc(F)ccc1NS(=O)(=O)c1cc(C(=O)O)cc2c1CCC2. The highest BCUT2D eigenvalue weighted by Gasteiger charge is 2.27. The Labute approximate surface area is 144 Å². The molecule has 6 nitrogen and oxygen atoms in total. The summed E-state index contributed by atoms with van der Waals surface area (Å²) in [6.45, 7) is 0. The molecule has 0 radical (unpaired) electrons. The lowest BCUT2D eigenvalue weighted by molar-refractivity contribution is 0.0696. The van der Waals surface area contributed by atoms with Crippen LogP contribution < -0.4 is 9.46 Å². The van der Waals surface area contributed by atoms with Crippen molar-refractivity contribution >= 4 is 21.7 Å². The fourth-order valence-electron chi connectivity index (χ4n) is 2.98. The molecule has 0 bridgehead atoms. The fourth-order valence-corrected chi connectivity index (χ4v) is 4.39. The summed E-state index contributed by atoms with van der Waals surface area (Å²) in [5.41, 5.74) is 1.35. The van der Waals surface area contributed by atoms with E-state index < -0.39 is 21.8 Å². The van der Waals surface area contributed by atoms with Gasteiger partial charge in [-0.1, -0.05) is 0 Å². The van der Waals surface area contributed by atoms with Crippen molar-refractivity contribution in [1.82, 2.24) is 0 Å². The van der Waals surface area contributed by atoms with Crippen molar-refractivity contribution in [2.45, 2.75) is 24.2 Å². The molecule has 0 saturated heterocycles. The second kappa shape index (κ2) is 6.36.